The fraction of sp³-hybridized carbons (Fsp3) is 0.238. The molecule has 0 saturated heterocycles. The topological polar surface area (TPSA) is 85.7 Å². The van der Waals surface area contributed by atoms with Gasteiger partial charge in [-0.2, -0.15) is 4.98 Å². The number of nitrogens with zero attached hydrogens (tertiary/aromatic N) is 2. The molecular weight excluding hydrogens is 394 g/mol. The van der Waals surface area contributed by atoms with Gasteiger partial charge in [0, 0.05) is 29.8 Å². The second-order valence-electron chi connectivity index (χ2n) is 5.92. The summed E-state index contributed by atoms with van der Waals surface area (Å²) in [5, 5.41) is 13.1. The van der Waals surface area contributed by atoms with Crippen molar-refractivity contribution in [3.63, 3.8) is 0 Å². The molecule has 0 spiro atoms. The Labute approximate surface area is 173 Å². The van der Waals surface area contributed by atoms with Gasteiger partial charge >= 0.3 is 0 Å². The fourth-order valence-electron chi connectivity index (χ4n) is 2.64. The van der Waals surface area contributed by atoms with E-state index in [0.717, 1.165) is 11.3 Å². The van der Waals surface area contributed by atoms with Crippen LogP contribution in [-0.2, 0) is 4.74 Å². The molecule has 7 nitrogen and oxygen atoms in total. The van der Waals surface area contributed by atoms with Gasteiger partial charge in [0.25, 0.3) is 0 Å². The minimum Gasteiger partial charge on any atom is -0.487 e. The highest BCUT2D eigenvalue weighted by Gasteiger charge is 2.14. The number of halogens is 1. The van der Waals surface area contributed by atoms with Gasteiger partial charge in [0.1, 0.15) is 19.0 Å². The highest BCUT2D eigenvalue weighted by molar-refractivity contribution is 6.28. The molecule has 3 rings (SSSR count). The first kappa shape index (κ1) is 20.7. The highest BCUT2D eigenvalue weighted by Crippen LogP contribution is 2.36. The van der Waals surface area contributed by atoms with Crippen LogP contribution in [0.15, 0.2) is 36.4 Å². The first-order valence-corrected chi connectivity index (χ1v) is 9.22. The second kappa shape index (κ2) is 9.94. The van der Waals surface area contributed by atoms with E-state index in [2.05, 4.69) is 21.2 Å². The summed E-state index contributed by atoms with van der Waals surface area (Å²) in [6, 6.07) is 10.8. The Balaban J connectivity index is 2.04. The minimum absolute atomic E-state index is 0.0833. The van der Waals surface area contributed by atoms with Gasteiger partial charge in [0.15, 0.2) is 11.5 Å². The summed E-state index contributed by atoms with van der Waals surface area (Å²) in [5.74, 6) is 4.01. The maximum atomic E-state index is 9.12. The van der Waals surface area contributed by atoms with E-state index < -0.39 is 0 Å². The predicted octanol–water partition coefficient (Wildman–Crippen LogP) is 3.40. The molecule has 0 unspecified atom stereocenters. The van der Waals surface area contributed by atoms with Gasteiger partial charge in [-0.25, -0.2) is 4.98 Å². The first-order chi connectivity index (χ1) is 14.1. The van der Waals surface area contributed by atoms with E-state index in [0.29, 0.717) is 41.4 Å². The number of ether oxygens (including phenoxy) is 3. The summed E-state index contributed by atoms with van der Waals surface area (Å²) in [4.78, 5) is 8.59. The number of fused-ring (bicyclic) bond motifs is 1. The van der Waals surface area contributed by atoms with Gasteiger partial charge in [-0.05, 0) is 35.9 Å². The molecule has 0 amide bonds. The first-order valence-electron chi connectivity index (χ1n) is 8.85. The lowest BCUT2D eigenvalue weighted by Gasteiger charge is -2.15. The molecule has 0 saturated carbocycles. The van der Waals surface area contributed by atoms with Crippen LogP contribution in [0.4, 0.5) is 11.5 Å². The zero-order valence-corrected chi connectivity index (χ0v) is 16.6. The summed E-state index contributed by atoms with van der Waals surface area (Å²) in [5.41, 5.74) is 2.07. The second-order valence-corrected chi connectivity index (χ2v) is 6.26. The summed E-state index contributed by atoms with van der Waals surface area (Å²) >= 11 is 6.13. The van der Waals surface area contributed by atoms with Crippen molar-refractivity contribution >= 4 is 34.0 Å². The van der Waals surface area contributed by atoms with Crippen LogP contribution in [0.5, 0.6) is 11.5 Å². The minimum atomic E-state index is -0.128. The van der Waals surface area contributed by atoms with Crippen LogP contribution in [0, 0.1) is 12.3 Å². The summed E-state index contributed by atoms with van der Waals surface area (Å²) in [7, 11) is 1.59. The van der Waals surface area contributed by atoms with E-state index in [1.165, 1.54) is 0 Å². The van der Waals surface area contributed by atoms with Crippen molar-refractivity contribution < 1.29 is 19.3 Å². The largest absolute Gasteiger partial charge is 0.487 e. The monoisotopic (exact) mass is 413 g/mol. The third-order valence-corrected chi connectivity index (χ3v) is 4.09. The molecule has 8 heteroatoms. The van der Waals surface area contributed by atoms with Crippen molar-refractivity contribution in [3.8, 4) is 23.8 Å². The Morgan fingerprint density at radius 3 is 2.66 bits per heavy atom. The molecule has 0 fully saturated rings. The average molecular weight is 414 g/mol. The molecule has 2 aromatic carbocycles. The van der Waals surface area contributed by atoms with Crippen molar-refractivity contribution in [1.82, 2.24) is 9.97 Å². The van der Waals surface area contributed by atoms with E-state index in [4.69, 9.17) is 37.3 Å². The molecule has 29 heavy (non-hydrogen) atoms. The number of nitrogens with one attached hydrogen (secondary N) is 1. The van der Waals surface area contributed by atoms with Crippen LogP contribution in [-0.4, -0.2) is 48.6 Å². The van der Waals surface area contributed by atoms with Crippen molar-refractivity contribution in [2.75, 3.05) is 38.9 Å². The van der Waals surface area contributed by atoms with Crippen LogP contribution < -0.4 is 14.8 Å². The van der Waals surface area contributed by atoms with Gasteiger partial charge in [-0.3, -0.25) is 0 Å². The molecule has 1 heterocycles. The Bertz CT molecular complexity index is 1040. The molecule has 0 radical (unpaired) electrons. The smallest absolute Gasteiger partial charge is 0.224 e. The summed E-state index contributed by atoms with van der Waals surface area (Å²) < 4.78 is 16.4. The Kier molecular flexibility index (Phi) is 7.09. The summed E-state index contributed by atoms with van der Waals surface area (Å²) in [6.45, 7) is 0.741. The van der Waals surface area contributed by atoms with Gasteiger partial charge in [-0.15, -0.1) is 6.42 Å². The van der Waals surface area contributed by atoms with Crippen LogP contribution in [0.2, 0.25) is 5.28 Å². The van der Waals surface area contributed by atoms with Crippen molar-refractivity contribution in [2.24, 2.45) is 0 Å². The SMILES string of the molecule is C#Cc1cccc(Nc2nc(Cl)nc3cc(OCCOC)c(OCCO)cc23)c1. The van der Waals surface area contributed by atoms with Crippen LogP contribution in [0.25, 0.3) is 10.9 Å². The van der Waals surface area contributed by atoms with Gasteiger partial charge < -0.3 is 24.6 Å². The molecular formula is C21H20ClN3O4. The van der Waals surface area contributed by atoms with E-state index in [-0.39, 0.29) is 18.5 Å². The molecule has 0 atom stereocenters. The number of hydrogen-bond donors (Lipinski definition) is 2. The number of terminal acetylenes is 1. The number of aromatic nitrogens is 2. The maximum absolute atomic E-state index is 9.12. The third kappa shape index (κ3) is 5.27. The number of rotatable bonds is 9. The number of aliphatic hydroxyl groups excluding tert-OH is 1. The van der Waals surface area contributed by atoms with Gasteiger partial charge in [0.2, 0.25) is 5.28 Å². The van der Waals surface area contributed by atoms with Crippen LogP contribution >= 0.6 is 11.6 Å². The molecule has 0 bridgehead atoms. The lowest BCUT2D eigenvalue weighted by Crippen LogP contribution is -2.08. The quantitative estimate of drug-likeness (QED) is 0.316. The Morgan fingerprint density at radius 1 is 1.10 bits per heavy atom. The fourth-order valence-corrected chi connectivity index (χ4v) is 2.82. The van der Waals surface area contributed by atoms with E-state index in [9.17, 15) is 0 Å². The molecule has 2 N–H and O–H groups in total. The van der Waals surface area contributed by atoms with Crippen molar-refractivity contribution in [2.45, 2.75) is 0 Å². The normalized spacial score (nSPS) is 10.6. The molecule has 0 aliphatic heterocycles. The van der Waals surface area contributed by atoms with Crippen LogP contribution in [0.1, 0.15) is 5.56 Å². The Morgan fingerprint density at radius 2 is 1.90 bits per heavy atom. The van der Waals surface area contributed by atoms with Crippen molar-refractivity contribution in [1.29, 1.82) is 0 Å². The zero-order chi connectivity index (χ0) is 20.6. The Hall–Kier alpha value is -3.05. The predicted molar refractivity (Wildman–Crippen MR) is 112 cm³/mol. The maximum Gasteiger partial charge on any atom is 0.224 e. The zero-order valence-electron chi connectivity index (χ0n) is 15.8. The van der Waals surface area contributed by atoms with E-state index in [1.54, 1.807) is 19.2 Å². The van der Waals surface area contributed by atoms with Gasteiger partial charge in [0.05, 0.1) is 18.7 Å². The lowest BCUT2D eigenvalue weighted by molar-refractivity contribution is 0.141. The molecule has 150 valence electrons. The number of aliphatic hydroxyl groups is 1. The number of methoxy groups -OCH3 is 1. The van der Waals surface area contributed by atoms with Crippen LogP contribution in [0.3, 0.4) is 0 Å². The average Bonchev–Trinajstić information content (AvgIpc) is 2.72. The molecule has 3 aromatic rings. The van der Waals surface area contributed by atoms with Gasteiger partial charge in [-0.1, -0.05) is 12.0 Å². The van der Waals surface area contributed by atoms with Crippen molar-refractivity contribution in [3.05, 3.63) is 47.2 Å². The molecule has 0 aliphatic carbocycles. The lowest BCUT2D eigenvalue weighted by atomic mass is 10.2. The molecule has 1 aromatic heterocycles. The number of benzene rings is 2. The van der Waals surface area contributed by atoms with E-state index >= 15 is 0 Å². The third-order valence-electron chi connectivity index (χ3n) is 3.92. The highest BCUT2D eigenvalue weighted by atomic mass is 35.5. The standard InChI is InChI=1S/C21H20ClN3O4/c1-3-14-5-4-6-15(11-14)23-20-16-12-18(28-8-7-26)19(29-10-9-27-2)13-17(16)24-21(22)25-20/h1,4-6,11-13,26H,7-10H2,2H3,(H,23,24,25). The van der Waals surface area contributed by atoms with E-state index in [1.807, 2.05) is 24.3 Å². The summed E-state index contributed by atoms with van der Waals surface area (Å²) in [6.07, 6.45) is 5.48. The molecule has 0 aliphatic rings. The number of anilines is 2. The number of hydrogen-bond acceptors (Lipinski definition) is 7.